The number of rotatable bonds is 0. The van der Waals surface area contributed by atoms with Crippen LogP contribution in [0, 0.1) is 12.3 Å². The highest BCUT2D eigenvalue weighted by molar-refractivity contribution is 4.73. The number of terminal acetylenes is 1. The Kier molecular flexibility index (Phi) is 573. The summed E-state index contributed by atoms with van der Waals surface area (Å²) in [5.74, 6) is 2.25. The summed E-state index contributed by atoms with van der Waals surface area (Å²) in [6.07, 6.45) is 5.85. The van der Waals surface area contributed by atoms with E-state index in [-0.39, 0.29) is 25.1 Å². The monoisotopic (exact) mass is 136 g/mol. The quantitative estimate of drug-likeness (QED) is 0.431. The van der Waals surface area contributed by atoms with Crippen molar-refractivity contribution in [3.63, 3.8) is 0 Å². The first kappa shape index (κ1) is 38.6. The summed E-state index contributed by atoms with van der Waals surface area (Å²) in [6.45, 7) is 5.90. The largest absolute Gasteiger partial charge is 0.120 e. The molecule has 0 aromatic heterocycles. The van der Waals surface area contributed by atoms with Crippen LogP contribution in [0.5, 0.6) is 0 Å². The first-order valence-corrected chi connectivity index (χ1v) is 2.20. The van der Waals surface area contributed by atoms with Crippen molar-refractivity contribution in [2.24, 2.45) is 0 Å². The number of hydrogen-bond acceptors (Lipinski definition) is 0. The van der Waals surface area contributed by atoms with Gasteiger partial charge in [0.05, 0.1) is 0 Å². The lowest BCUT2D eigenvalue weighted by atomic mass is 10.6. The van der Waals surface area contributed by atoms with Crippen molar-refractivity contribution in [2.45, 2.75) is 49.5 Å². The highest BCUT2D eigenvalue weighted by Crippen LogP contribution is 1.56. The fourth-order valence-electron chi connectivity index (χ4n) is 0. The highest BCUT2D eigenvalue weighted by atomic mass is 13.4. The van der Waals surface area contributed by atoms with Crippen LogP contribution in [0.4, 0.5) is 0 Å². The third-order valence-corrected chi connectivity index (χ3v) is 0. The molecule has 64 valence electrons. The van der Waals surface area contributed by atoms with Gasteiger partial charge in [0.2, 0.25) is 0 Å². The third kappa shape index (κ3) is 1210. The summed E-state index contributed by atoms with van der Waals surface area (Å²) in [5, 5.41) is 0. The Hall–Kier alpha value is -0.440. The highest BCUT2D eigenvalue weighted by Gasteiger charge is 1.35. The minimum Gasteiger partial charge on any atom is -0.120 e. The van der Waals surface area contributed by atoms with Gasteiger partial charge in [-0.05, 0) is 6.92 Å². The van der Waals surface area contributed by atoms with E-state index in [1.807, 2.05) is 0 Å². The van der Waals surface area contributed by atoms with E-state index >= 15 is 0 Å². The summed E-state index contributed by atoms with van der Waals surface area (Å²) < 4.78 is 0. The van der Waals surface area contributed by atoms with Crippen LogP contribution in [-0.4, -0.2) is 0 Å². The minimum atomic E-state index is 0. The van der Waals surface area contributed by atoms with Crippen molar-refractivity contribution < 1.29 is 2.85 Å². The van der Waals surface area contributed by atoms with Gasteiger partial charge in [0.1, 0.15) is 0 Å². The van der Waals surface area contributed by atoms with Crippen molar-refractivity contribution in [2.75, 3.05) is 0 Å². The predicted molar refractivity (Wildman–Crippen MR) is 54.9 cm³/mol. The van der Waals surface area contributed by atoms with Crippen LogP contribution in [0.1, 0.15) is 52.3 Å². The van der Waals surface area contributed by atoms with Crippen molar-refractivity contribution in [1.29, 1.82) is 0 Å². The molecule has 0 unspecified atom stereocenters. The standard InChI is InChI=1S/C3H8.C3H4.3CH4.2H2/c2*1-3-2;;;;;/h3H2,1-2H3;1H,2H3;3*1H4;2*1H. The molecule has 0 aliphatic carbocycles. The molecule has 0 aromatic carbocycles. The second-order valence-corrected chi connectivity index (χ2v) is 0.996. The molecule has 9 heavy (non-hydrogen) atoms. The zero-order chi connectivity index (χ0) is 5.41. The lowest BCUT2D eigenvalue weighted by Crippen LogP contribution is -1.27. The van der Waals surface area contributed by atoms with E-state index in [1.54, 1.807) is 6.92 Å². The molecule has 0 spiro atoms. The molecule has 0 bridgehead atoms. The SMILES string of the molecule is C.C.C.C#CC.CCC.[HH].[HH]. The molecule has 0 heteroatoms. The molecule has 0 saturated carbocycles. The van der Waals surface area contributed by atoms with Crippen molar-refractivity contribution in [3.05, 3.63) is 0 Å². The Morgan fingerprint density at radius 2 is 1.22 bits per heavy atom. The first-order chi connectivity index (χ1) is 2.83. The second kappa shape index (κ2) is 134. The molecule has 0 amide bonds. The maximum absolute atomic E-state index is 4.60. The van der Waals surface area contributed by atoms with Gasteiger partial charge in [0.25, 0.3) is 0 Å². The average Bonchev–Trinajstić information content (AvgIpc) is 1.39. The normalized spacial score (nSPS) is 2.89. The molecule has 0 N–H and O–H groups in total. The van der Waals surface area contributed by atoms with Gasteiger partial charge in [0.15, 0.2) is 0 Å². The van der Waals surface area contributed by atoms with Crippen LogP contribution in [0.2, 0.25) is 0 Å². The van der Waals surface area contributed by atoms with Gasteiger partial charge in [-0.1, -0.05) is 42.5 Å². The van der Waals surface area contributed by atoms with Gasteiger partial charge in [0, 0.05) is 2.85 Å². The van der Waals surface area contributed by atoms with E-state index < -0.39 is 0 Å². The van der Waals surface area contributed by atoms with Crippen LogP contribution < -0.4 is 0 Å². The van der Waals surface area contributed by atoms with E-state index in [0.29, 0.717) is 0 Å². The summed E-state index contributed by atoms with van der Waals surface area (Å²) in [7, 11) is 0. The van der Waals surface area contributed by atoms with Crippen LogP contribution in [0.15, 0.2) is 0 Å². The molecular weight excluding hydrogens is 108 g/mol. The van der Waals surface area contributed by atoms with Gasteiger partial charge < -0.3 is 0 Å². The second-order valence-electron chi connectivity index (χ2n) is 0.996. The Bertz CT molecular complexity index is 37.3. The number of hydrogen-bond donors (Lipinski definition) is 0. The van der Waals surface area contributed by atoms with Crippen molar-refractivity contribution in [1.82, 2.24) is 0 Å². The Labute approximate surface area is 65.7 Å². The van der Waals surface area contributed by atoms with Crippen LogP contribution in [0.3, 0.4) is 0 Å². The predicted octanol–water partition coefficient (Wildman–Crippen LogP) is 4.46. The van der Waals surface area contributed by atoms with E-state index in [0.717, 1.165) is 0 Å². The van der Waals surface area contributed by atoms with E-state index in [2.05, 4.69) is 26.2 Å². The minimum absolute atomic E-state index is 0. The summed E-state index contributed by atoms with van der Waals surface area (Å²) >= 11 is 0. The maximum atomic E-state index is 4.60. The van der Waals surface area contributed by atoms with Crippen LogP contribution in [0.25, 0.3) is 0 Å². The summed E-state index contributed by atoms with van der Waals surface area (Å²) in [6, 6.07) is 0. The zero-order valence-corrected chi connectivity index (χ0v) is 4.78. The van der Waals surface area contributed by atoms with Crippen molar-refractivity contribution >= 4 is 0 Å². The zero-order valence-electron chi connectivity index (χ0n) is 4.78. The topological polar surface area (TPSA) is 0 Å². The van der Waals surface area contributed by atoms with E-state index in [9.17, 15) is 0 Å². The molecule has 0 rings (SSSR count). The lowest BCUT2D eigenvalue weighted by molar-refractivity contribution is 1.09. The fourth-order valence-corrected chi connectivity index (χ4v) is 0. The molecule has 0 radical (unpaired) electrons. The van der Waals surface area contributed by atoms with Gasteiger partial charge in [-0.25, -0.2) is 0 Å². The fraction of sp³-hybridized carbons (Fsp3) is 0.778. The lowest BCUT2D eigenvalue weighted by Gasteiger charge is -1.48. The molecule has 0 aliphatic rings. The molecule has 0 fully saturated rings. The first-order valence-electron chi connectivity index (χ1n) is 2.20. The van der Waals surface area contributed by atoms with Crippen molar-refractivity contribution in [3.8, 4) is 12.3 Å². The Morgan fingerprint density at radius 1 is 1.22 bits per heavy atom. The molecule has 0 aromatic rings. The van der Waals surface area contributed by atoms with Gasteiger partial charge in [-0.15, -0.1) is 12.3 Å². The average molecular weight is 136 g/mol. The third-order valence-electron chi connectivity index (χ3n) is 0. The Morgan fingerprint density at radius 3 is 1.22 bits per heavy atom. The molecule has 0 saturated heterocycles. The van der Waals surface area contributed by atoms with Gasteiger partial charge in [-0.2, -0.15) is 0 Å². The summed E-state index contributed by atoms with van der Waals surface area (Å²) in [5.41, 5.74) is 0. The molecule has 0 heterocycles. The molecule has 0 atom stereocenters. The van der Waals surface area contributed by atoms with Gasteiger partial charge >= 0.3 is 0 Å². The van der Waals surface area contributed by atoms with Gasteiger partial charge in [-0.3, -0.25) is 0 Å². The summed E-state index contributed by atoms with van der Waals surface area (Å²) in [4.78, 5) is 0. The van der Waals surface area contributed by atoms with Crippen LogP contribution >= 0.6 is 0 Å². The van der Waals surface area contributed by atoms with E-state index in [1.165, 1.54) is 6.42 Å². The molecular formula is C9H28. The van der Waals surface area contributed by atoms with Crippen LogP contribution in [-0.2, 0) is 0 Å². The smallest absolute Gasteiger partial charge is 0 e. The Balaban J connectivity index is -0.00000000400. The maximum Gasteiger partial charge on any atom is 0 e. The van der Waals surface area contributed by atoms with E-state index in [4.69, 9.17) is 0 Å². The molecule has 0 aliphatic heterocycles. The molecule has 0 nitrogen and oxygen atoms in total.